The van der Waals surface area contributed by atoms with Crippen LogP contribution in [0.1, 0.15) is 26.3 Å². The molecule has 0 saturated carbocycles. The number of alkyl carbamates (subject to hydrolysis) is 1. The molecule has 0 aliphatic carbocycles. The fourth-order valence-electron chi connectivity index (χ4n) is 1.91. The fraction of sp³-hybridized carbons (Fsp3) is 0.529. The Balaban J connectivity index is 2.71. The van der Waals surface area contributed by atoms with E-state index in [9.17, 15) is 9.59 Å². The van der Waals surface area contributed by atoms with Crippen LogP contribution in [0.15, 0.2) is 30.3 Å². The molecule has 128 valence electrons. The Labute approximate surface area is 137 Å². The van der Waals surface area contributed by atoms with Crippen molar-refractivity contribution in [2.24, 2.45) is 0 Å². The summed E-state index contributed by atoms with van der Waals surface area (Å²) in [6, 6.07) is 8.80. The van der Waals surface area contributed by atoms with Gasteiger partial charge in [0.05, 0.1) is 6.61 Å². The van der Waals surface area contributed by atoms with E-state index >= 15 is 0 Å². The van der Waals surface area contributed by atoms with E-state index in [1.807, 2.05) is 30.3 Å². The van der Waals surface area contributed by atoms with Crippen molar-refractivity contribution in [3.05, 3.63) is 35.9 Å². The predicted molar refractivity (Wildman–Crippen MR) is 88.2 cm³/mol. The predicted octanol–water partition coefficient (Wildman–Crippen LogP) is 1.88. The lowest BCUT2D eigenvalue weighted by Gasteiger charge is -2.23. The highest BCUT2D eigenvalue weighted by Gasteiger charge is 2.24. The Morgan fingerprint density at radius 2 is 1.83 bits per heavy atom. The van der Waals surface area contributed by atoms with E-state index in [4.69, 9.17) is 9.47 Å². The Hall–Kier alpha value is -2.08. The van der Waals surface area contributed by atoms with Gasteiger partial charge in [-0.2, -0.15) is 0 Å². The van der Waals surface area contributed by atoms with Crippen molar-refractivity contribution in [1.82, 2.24) is 10.6 Å². The molecule has 0 spiro atoms. The van der Waals surface area contributed by atoms with Crippen molar-refractivity contribution in [2.45, 2.75) is 38.8 Å². The Kier molecular flexibility index (Phi) is 7.54. The zero-order valence-electron chi connectivity index (χ0n) is 14.2. The smallest absolute Gasteiger partial charge is 0.408 e. The number of carbonyl (C=O) groups excluding carboxylic acids is 2. The normalized spacial score (nSPS) is 12.3. The van der Waals surface area contributed by atoms with Gasteiger partial charge in [-0.05, 0) is 26.3 Å². The lowest BCUT2D eigenvalue weighted by atomic mass is 10.1. The number of hydrogen-bond donors (Lipinski definition) is 2. The largest absolute Gasteiger partial charge is 0.444 e. The summed E-state index contributed by atoms with van der Waals surface area (Å²) in [5, 5.41) is 5.37. The number of methoxy groups -OCH3 is 1. The third-order valence-corrected chi connectivity index (χ3v) is 2.90. The number of nitrogens with one attached hydrogen (secondary N) is 2. The molecule has 6 heteroatoms. The van der Waals surface area contributed by atoms with Crippen LogP contribution in [0, 0.1) is 0 Å². The third kappa shape index (κ3) is 8.21. The van der Waals surface area contributed by atoms with Gasteiger partial charge < -0.3 is 20.1 Å². The molecule has 0 aliphatic rings. The Morgan fingerprint density at radius 3 is 2.39 bits per heavy atom. The Morgan fingerprint density at radius 1 is 1.17 bits per heavy atom. The van der Waals surface area contributed by atoms with Crippen LogP contribution >= 0.6 is 0 Å². The van der Waals surface area contributed by atoms with Crippen LogP contribution in [0.25, 0.3) is 0 Å². The van der Waals surface area contributed by atoms with Gasteiger partial charge in [-0.3, -0.25) is 4.79 Å². The van der Waals surface area contributed by atoms with Crippen LogP contribution < -0.4 is 10.6 Å². The maximum Gasteiger partial charge on any atom is 0.408 e. The minimum absolute atomic E-state index is 0.267. The first-order valence-corrected chi connectivity index (χ1v) is 7.62. The summed E-state index contributed by atoms with van der Waals surface area (Å²) >= 11 is 0. The summed E-state index contributed by atoms with van der Waals surface area (Å²) in [4.78, 5) is 24.2. The van der Waals surface area contributed by atoms with Gasteiger partial charge >= 0.3 is 6.09 Å². The quantitative estimate of drug-likeness (QED) is 0.752. The second kappa shape index (κ2) is 9.15. The van der Waals surface area contributed by atoms with Gasteiger partial charge in [-0.1, -0.05) is 30.3 Å². The second-order valence-corrected chi connectivity index (χ2v) is 6.17. The standard InChI is InChI=1S/C17H26N2O4/c1-17(2,3)23-16(21)19-14(15(20)18-10-11-22-4)12-13-8-6-5-7-9-13/h5-9,14H,10-12H2,1-4H3,(H,18,20)(H,19,21)/t14-/m0/s1. The molecule has 0 heterocycles. The topological polar surface area (TPSA) is 76.7 Å². The van der Waals surface area contributed by atoms with E-state index in [1.54, 1.807) is 27.9 Å². The van der Waals surface area contributed by atoms with Crippen molar-refractivity contribution in [3.8, 4) is 0 Å². The molecule has 0 aliphatic heterocycles. The van der Waals surface area contributed by atoms with Gasteiger partial charge in [-0.25, -0.2) is 4.79 Å². The van der Waals surface area contributed by atoms with E-state index in [2.05, 4.69) is 10.6 Å². The monoisotopic (exact) mass is 322 g/mol. The summed E-state index contributed by atoms with van der Waals surface area (Å²) in [7, 11) is 1.56. The molecule has 2 amide bonds. The highest BCUT2D eigenvalue weighted by atomic mass is 16.6. The SMILES string of the molecule is COCCNC(=O)[C@H](Cc1ccccc1)NC(=O)OC(C)(C)C. The molecule has 0 unspecified atom stereocenters. The van der Waals surface area contributed by atoms with Crippen LogP contribution in [0.3, 0.4) is 0 Å². The average molecular weight is 322 g/mol. The minimum Gasteiger partial charge on any atom is -0.444 e. The molecule has 1 aromatic carbocycles. The molecular weight excluding hydrogens is 296 g/mol. The summed E-state index contributed by atoms with van der Waals surface area (Å²) in [5.74, 6) is -0.267. The zero-order valence-corrected chi connectivity index (χ0v) is 14.2. The number of amides is 2. The molecule has 2 N–H and O–H groups in total. The first kappa shape index (κ1) is 19.0. The number of rotatable bonds is 7. The van der Waals surface area contributed by atoms with Crippen LogP contribution in [0.5, 0.6) is 0 Å². The lowest BCUT2D eigenvalue weighted by molar-refractivity contribution is -0.123. The van der Waals surface area contributed by atoms with Crippen molar-refractivity contribution in [2.75, 3.05) is 20.3 Å². The Bertz CT molecular complexity index is 497. The maximum absolute atomic E-state index is 12.3. The number of benzene rings is 1. The molecule has 0 saturated heterocycles. The molecule has 1 rings (SSSR count). The number of hydrogen-bond acceptors (Lipinski definition) is 4. The van der Waals surface area contributed by atoms with Gasteiger partial charge in [-0.15, -0.1) is 0 Å². The van der Waals surface area contributed by atoms with E-state index in [0.717, 1.165) is 5.56 Å². The summed E-state index contributed by atoms with van der Waals surface area (Å²) in [6.07, 6.45) is -0.223. The van der Waals surface area contributed by atoms with Gasteiger partial charge in [0.1, 0.15) is 11.6 Å². The maximum atomic E-state index is 12.3. The second-order valence-electron chi connectivity index (χ2n) is 6.17. The highest BCUT2D eigenvalue weighted by molar-refractivity contribution is 5.86. The number of ether oxygens (including phenoxy) is 2. The van der Waals surface area contributed by atoms with Crippen molar-refractivity contribution < 1.29 is 19.1 Å². The van der Waals surface area contributed by atoms with Gasteiger partial charge in [0.2, 0.25) is 5.91 Å². The van der Waals surface area contributed by atoms with E-state index in [1.165, 1.54) is 0 Å². The first-order valence-electron chi connectivity index (χ1n) is 7.62. The molecule has 0 aromatic heterocycles. The number of carbonyl (C=O) groups is 2. The van der Waals surface area contributed by atoms with E-state index in [0.29, 0.717) is 19.6 Å². The highest BCUT2D eigenvalue weighted by Crippen LogP contribution is 2.08. The van der Waals surface area contributed by atoms with E-state index < -0.39 is 17.7 Å². The summed E-state index contributed by atoms with van der Waals surface area (Å²) < 4.78 is 10.1. The average Bonchev–Trinajstić information content (AvgIpc) is 2.46. The summed E-state index contributed by atoms with van der Waals surface area (Å²) in [5.41, 5.74) is 0.337. The molecule has 0 bridgehead atoms. The van der Waals surface area contributed by atoms with Gasteiger partial charge in [0.25, 0.3) is 0 Å². The first-order chi connectivity index (χ1) is 10.8. The van der Waals surface area contributed by atoms with Crippen molar-refractivity contribution in [3.63, 3.8) is 0 Å². The van der Waals surface area contributed by atoms with Gasteiger partial charge in [0.15, 0.2) is 0 Å². The fourth-order valence-corrected chi connectivity index (χ4v) is 1.91. The third-order valence-electron chi connectivity index (χ3n) is 2.90. The van der Waals surface area contributed by atoms with Crippen molar-refractivity contribution >= 4 is 12.0 Å². The van der Waals surface area contributed by atoms with Gasteiger partial charge in [0, 0.05) is 20.1 Å². The molecule has 6 nitrogen and oxygen atoms in total. The zero-order chi connectivity index (χ0) is 17.3. The van der Waals surface area contributed by atoms with Crippen LogP contribution in [0.2, 0.25) is 0 Å². The molecule has 1 atom stereocenters. The van der Waals surface area contributed by atoms with Crippen LogP contribution in [0.4, 0.5) is 4.79 Å². The van der Waals surface area contributed by atoms with Crippen molar-refractivity contribution in [1.29, 1.82) is 0 Å². The molecular formula is C17H26N2O4. The van der Waals surface area contributed by atoms with Crippen LogP contribution in [-0.4, -0.2) is 43.9 Å². The molecule has 0 radical (unpaired) electrons. The summed E-state index contributed by atoms with van der Waals surface area (Å²) in [6.45, 7) is 6.12. The molecule has 0 fully saturated rings. The van der Waals surface area contributed by atoms with E-state index in [-0.39, 0.29) is 5.91 Å². The minimum atomic E-state index is -0.705. The molecule has 1 aromatic rings. The lowest BCUT2D eigenvalue weighted by Crippen LogP contribution is -2.49. The molecule has 23 heavy (non-hydrogen) atoms. The van der Waals surface area contributed by atoms with Crippen LogP contribution in [-0.2, 0) is 20.7 Å².